The minimum Gasteiger partial charge on any atom is -0.378 e. The van der Waals surface area contributed by atoms with Crippen molar-refractivity contribution in [1.82, 2.24) is 5.32 Å². The number of morpholine rings is 1. The normalized spacial score (nSPS) is 22.0. The van der Waals surface area contributed by atoms with Crippen LogP contribution in [0, 0.1) is 0 Å². The first kappa shape index (κ1) is 16.6. The van der Waals surface area contributed by atoms with Gasteiger partial charge in [-0.15, -0.1) is 12.4 Å². The number of rotatable bonds is 2. The Labute approximate surface area is 143 Å². The van der Waals surface area contributed by atoms with Crippen molar-refractivity contribution in [2.45, 2.75) is 25.3 Å². The van der Waals surface area contributed by atoms with Crippen molar-refractivity contribution in [2.75, 3.05) is 49.2 Å². The third-order valence-corrected chi connectivity index (χ3v) is 4.99. The summed E-state index contributed by atoms with van der Waals surface area (Å²) in [5, 5.41) is 3.38. The second kappa shape index (κ2) is 7.07. The van der Waals surface area contributed by atoms with Gasteiger partial charge in [-0.1, -0.05) is 6.07 Å². The van der Waals surface area contributed by atoms with Crippen LogP contribution >= 0.6 is 12.4 Å². The fourth-order valence-electron chi connectivity index (χ4n) is 3.79. The van der Waals surface area contributed by atoms with Crippen molar-refractivity contribution in [2.24, 2.45) is 0 Å². The van der Waals surface area contributed by atoms with Gasteiger partial charge in [0.15, 0.2) is 0 Å². The van der Waals surface area contributed by atoms with Gasteiger partial charge in [0, 0.05) is 30.5 Å². The highest BCUT2D eigenvalue weighted by Crippen LogP contribution is 2.36. The minimum atomic E-state index is 0. The number of hydrogen-bond acceptors (Lipinski definition) is 4. The monoisotopic (exact) mass is 337 g/mol. The smallest absolute Gasteiger partial charge is 0.231 e. The van der Waals surface area contributed by atoms with Crippen LogP contribution in [0.3, 0.4) is 0 Å². The molecule has 0 unspecified atom stereocenters. The van der Waals surface area contributed by atoms with E-state index in [9.17, 15) is 4.79 Å². The molecule has 0 saturated carbocycles. The highest BCUT2D eigenvalue weighted by molar-refractivity contribution is 6.02. The zero-order valence-electron chi connectivity index (χ0n) is 13.3. The first-order valence-corrected chi connectivity index (χ1v) is 8.31. The van der Waals surface area contributed by atoms with Gasteiger partial charge in [0.05, 0.1) is 19.6 Å². The molecule has 0 aliphatic carbocycles. The van der Waals surface area contributed by atoms with Gasteiger partial charge < -0.3 is 19.9 Å². The van der Waals surface area contributed by atoms with Crippen molar-refractivity contribution in [3.8, 4) is 0 Å². The number of ether oxygens (including phenoxy) is 1. The summed E-state index contributed by atoms with van der Waals surface area (Å²) in [5.74, 6) is 0.265. The molecule has 1 aromatic rings. The number of carbonyl (C=O) groups excluding carboxylic acids is 1. The van der Waals surface area contributed by atoms with Crippen LogP contribution in [0.1, 0.15) is 18.4 Å². The number of benzene rings is 1. The van der Waals surface area contributed by atoms with Crippen LogP contribution < -0.4 is 15.1 Å². The van der Waals surface area contributed by atoms with E-state index in [0.717, 1.165) is 57.9 Å². The number of halogens is 1. The van der Waals surface area contributed by atoms with Gasteiger partial charge >= 0.3 is 0 Å². The molecule has 23 heavy (non-hydrogen) atoms. The zero-order valence-corrected chi connectivity index (χ0v) is 14.1. The molecule has 5 nitrogen and oxygen atoms in total. The van der Waals surface area contributed by atoms with Crippen molar-refractivity contribution in [1.29, 1.82) is 0 Å². The molecule has 0 radical (unpaired) electrons. The zero-order chi connectivity index (χ0) is 14.9. The standard InChI is InChI=1S/C17H23N3O2.ClH/c21-17-11-13-1-2-15(19-7-9-22-10-8-19)12-16(13)20(17)14-3-5-18-6-4-14;/h1-2,12,14,18H,3-11H2;1H. The van der Waals surface area contributed by atoms with Crippen molar-refractivity contribution in [3.05, 3.63) is 23.8 Å². The summed E-state index contributed by atoms with van der Waals surface area (Å²) in [6.07, 6.45) is 2.66. The summed E-state index contributed by atoms with van der Waals surface area (Å²) in [6.45, 7) is 5.45. The molecule has 4 rings (SSSR count). The average Bonchev–Trinajstić information content (AvgIpc) is 2.91. The summed E-state index contributed by atoms with van der Waals surface area (Å²) in [7, 11) is 0. The molecule has 0 spiro atoms. The maximum absolute atomic E-state index is 12.5. The van der Waals surface area contributed by atoms with Crippen LogP contribution in [0.2, 0.25) is 0 Å². The first-order chi connectivity index (χ1) is 10.8. The predicted octanol–water partition coefficient (Wildman–Crippen LogP) is 1.59. The highest BCUT2D eigenvalue weighted by Gasteiger charge is 2.34. The molecule has 3 aliphatic rings. The Balaban J connectivity index is 0.00000156. The molecule has 0 atom stereocenters. The van der Waals surface area contributed by atoms with Crippen LogP contribution in [-0.4, -0.2) is 51.3 Å². The van der Waals surface area contributed by atoms with Crippen molar-refractivity contribution >= 4 is 29.7 Å². The third-order valence-electron chi connectivity index (χ3n) is 4.99. The number of piperidine rings is 1. The average molecular weight is 338 g/mol. The summed E-state index contributed by atoms with van der Waals surface area (Å²) in [5.41, 5.74) is 3.54. The SMILES string of the molecule is Cl.O=C1Cc2ccc(N3CCOCC3)cc2N1C1CCNCC1. The summed E-state index contributed by atoms with van der Waals surface area (Å²) < 4.78 is 5.43. The van der Waals surface area contributed by atoms with E-state index in [1.807, 2.05) is 0 Å². The second-order valence-corrected chi connectivity index (χ2v) is 6.33. The molecule has 0 aromatic heterocycles. The molecule has 0 bridgehead atoms. The maximum Gasteiger partial charge on any atom is 0.231 e. The van der Waals surface area contributed by atoms with Crippen LogP contribution in [0.5, 0.6) is 0 Å². The highest BCUT2D eigenvalue weighted by atomic mass is 35.5. The Morgan fingerprint density at radius 3 is 2.61 bits per heavy atom. The Hall–Kier alpha value is -1.30. The minimum absolute atomic E-state index is 0. The van der Waals surface area contributed by atoms with E-state index in [-0.39, 0.29) is 18.3 Å². The van der Waals surface area contributed by atoms with Crippen LogP contribution in [0.4, 0.5) is 11.4 Å². The number of carbonyl (C=O) groups is 1. The molecular formula is C17H24ClN3O2. The summed E-state index contributed by atoms with van der Waals surface area (Å²) in [6, 6.07) is 6.87. The van der Waals surface area contributed by atoms with Crippen LogP contribution in [-0.2, 0) is 16.0 Å². The number of hydrogen-bond donors (Lipinski definition) is 1. The quantitative estimate of drug-likeness (QED) is 0.890. The van der Waals surface area contributed by atoms with E-state index in [0.29, 0.717) is 12.5 Å². The Morgan fingerprint density at radius 1 is 1.13 bits per heavy atom. The maximum atomic E-state index is 12.5. The number of nitrogens with one attached hydrogen (secondary N) is 1. The van der Waals surface area contributed by atoms with E-state index >= 15 is 0 Å². The Bertz CT molecular complexity index is 569. The molecule has 3 aliphatic heterocycles. The molecule has 126 valence electrons. The lowest BCUT2D eigenvalue weighted by atomic mass is 10.0. The lowest BCUT2D eigenvalue weighted by Crippen LogP contribution is -2.44. The van der Waals surface area contributed by atoms with Gasteiger partial charge in [-0.25, -0.2) is 0 Å². The molecule has 1 aromatic carbocycles. The van der Waals surface area contributed by atoms with Gasteiger partial charge in [-0.2, -0.15) is 0 Å². The van der Waals surface area contributed by atoms with Crippen LogP contribution in [0.15, 0.2) is 18.2 Å². The van der Waals surface area contributed by atoms with Crippen molar-refractivity contribution in [3.63, 3.8) is 0 Å². The van der Waals surface area contributed by atoms with Gasteiger partial charge in [0.25, 0.3) is 0 Å². The number of amides is 1. The van der Waals surface area contributed by atoms with E-state index in [4.69, 9.17) is 4.74 Å². The van der Waals surface area contributed by atoms with Gasteiger partial charge in [0.1, 0.15) is 0 Å². The molecular weight excluding hydrogens is 314 g/mol. The second-order valence-electron chi connectivity index (χ2n) is 6.33. The molecule has 1 N–H and O–H groups in total. The van der Waals surface area contributed by atoms with E-state index < -0.39 is 0 Å². The molecule has 6 heteroatoms. The lowest BCUT2D eigenvalue weighted by molar-refractivity contribution is -0.117. The first-order valence-electron chi connectivity index (χ1n) is 8.31. The summed E-state index contributed by atoms with van der Waals surface area (Å²) in [4.78, 5) is 16.9. The summed E-state index contributed by atoms with van der Waals surface area (Å²) >= 11 is 0. The fourth-order valence-corrected chi connectivity index (χ4v) is 3.79. The fraction of sp³-hybridized carbons (Fsp3) is 0.588. The van der Waals surface area contributed by atoms with E-state index in [1.165, 1.54) is 11.3 Å². The third kappa shape index (κ3) is 3.18. The van der Waals surface area contributed by atoms with Gasteiger partial charge in [-0.3, -0.25) is 4.79 Å². The van der Waals surface area contributed by atoms with E-state index in [1.54, 1.807) is 0 Å². The largest absolute Gasteiger partial charge is 0.378 e. The van der Waals surface area contributed by atoms with Crippen LogP contribution in [0.25, 0.3) is 0 Å². The Morgan fingerprint density at radius 2 is 1.87 bits per heavy atom. The molecule has 2 fully saturated rings. The number of anilines is 2. The molecule has 2 saturated heterocycles. The van der Waals surface area contributed by atoms with Gasteiger partial charge in [-0.05, 0) is 43.6 Å². The number of fused-ring (bicyclic) bond motifs is 1. The van der Waals surface area contributed by atoms with E-state index in [2.05, 4.69) is 33.3 Å². The molecule has 1 amide bonds. The van der Waals surface area contributed by atoms with Gasteiger partial charge in [0.2, 0.25) is 5.91 Å². The lowest BCUT2D eigenvalue weighted by Gasteiger charge is -2.33. The molecule has 3 heterocycles. The van der Waals surface area contributed by atoms with Crippen molar-refractivity contribution < 1.29 is 9.53 Å². The predicted molar refractivity (Wildman–Crippen MR) is 93.8 cm³/mol. The topological polar surface area (TPSA) is 44.8 Å². The Kier molecular flexibility index (Phi) is 5.09. The number of nitrogens with zero attached hydrogens (tertiary/aromatic N) is 2.